The van der Waals surface area contributed by atoms with Gasteiger partial charge in [-0.05, 0) is 30.7 Å². The molecule has 0 saturated heterocycles. The van der Waals surface area contributed by atoms with Gasteiger partial charge in [0.05, 0.1) is 5.75 Å². The fraction of sp³-hybridized carbons (Fsp3) is 1.00. The van der Waals surface area contributed by atoms with Crippen LogP contribution < -0.4 is 5.32 Å². The zero-order chi connectivity index (χ0) is 13.7. The van der Waals surface area contributed by atoms with Crippen LogP contribution in [0, 0.1) is 11.3 Å². The van der Waals surface area contributed by atoms with Crippen LogP contribution in [0.5, 0.6) is 0 Å². The first kappa shape index (κ1) is 16.9. The van der Waals surface area contributed by atoms with Crippen molar-refractivity contribution in [2.45, 2.75) is 53.5 Å². The monoisotopic (exact) mass is 263 g/mol. The average molecular weight is 263 g/mol. The van der Waals surface area contributed by atoms with Crippen LogP contribution in [0.1, 0.15) is 47.5 Å². The summed E-state index contributed by atoms with van der Waals surface area (Å²) in [6.07, 6.45) is 3.06. The Morgan fingerprint density at radius 1 is 1.24 bits per heavy atom. The Bertz CT molecular complexity index is 304. The lowest BCUT2D eigenvalue weighted by molar-refractivity contribution is 0.221. The van der Waals surface area contributed by atoms with E-state index in [2.05, 4.69) is 39.9 Å². The first-order valence-corrected chi connectivity index (χ1v) is 8.53. The summed E-state index contributed by atoms with van der Waals surface area (Å²) in [5.41, 5.74) is 0.277. The second-order valence-electron chi connectivity index (χ2n) is 6.18. The molecule has 0 amide bonds. The van der Waals surface area contributed by atoms with E-state index in [1.165, 1.54) is 6.26 Å². The fourth-order valence-electron chi connectivity index (χ4n) is 1.73. The molecule has 0 aromatic heterocycles. The standard InChI is InChI=1S/C13H29NO2S/c1-7-14-12(8-9-17(6,15)16)10-11(2)13(3,4)5/h11-12,14H,7-10H2,1-6H3. The lowest BCUT2D eigenvalue weighted by Crippen LogP contribution is -2.35. The molecule has 4 heteroatoms. The van der Waals surface area contributed by atoms with Crippen molar-refractivity contribution in [3.8, 4) is 0 Å². The molecule has 0 aromatic rings. The van der Waals surface area contributed by atoms with Crippen LogP contribution in [0.3, 0.4) is 0 Å². The molecule has 0 aliphatic carbocycles. The van der Waals surface area contributed by atoms with Crippen molar-refractivity contribution in [1.82, 2.24) is 5.32 Å². The number of hydrogen-bond donors (Lipinski definition) is 1. The Balaban J connectivity index is 4.34. The number of rotatable bonds is 7. The van der Waals surface area contributed by atoms with E-state index < -0.39 is 9.84 Å². The smallest absolute Gasteiger partial charge is 0.147 e. The van der Waals surface area contributed by atoms with E-state index in [9.17, 15) is 8.42 Å². The van der Waals surface area contributed by atoms with Crippen molar-refractivity contribution in [3.05, 3.63) is 0 Å². The third-order valence-electron chi connectivity index (χ3n) is 3.45. The van der Waals surface area contributed by atoms with Gasteiger partial charge in [0.2, 0.25) is 0 Å². The van der Waals surface area contributed by atoms with Gasteiger partial charge < -0.3 is 5.32 Å². The Kier molecular flexibility index (Phi) is 6.70. The average Bonchev–Trinajstić information content (AvgIpc) is 2.11. The summed E-state index contributed by atoms with van der Waals surface area (Å²) in [6.45, 7) is 11.9. The second-order valence-corrected chi connectivity index (χ2v) is 8.44. The molecule has 17 heavy (non-hydrogen) atoms. The van der Waals surface area contributed by atoms with Gasteiger partial charge >= 0.3 is 0 Å². The summed E-state index contributed by atoms with van der Waals surface area (Å²) in [6, 6.07) is 0.309. The molecule has 0 radical (unpaired) electrons. The largest absolute Gasteiger partial charge is 0.314 e. The van der Waals surface area contributed by atoms with Crippen molar-refractivity contribution >= 4 is 9.84 Å². The first-order chi connectivity index (χ1) is 7.56. The van der Waals surface area contributed by atoms with Gasteiger partial charge in [-0.25, -0.2) is 8.42 Å². The van der Waals surface area contributed by atoms with E-state index in [4.69, 9.17) is 0 Å². The predicted molar refractivity (Wildman–Crippen MR) is 75.0 cm³/mol. The molecule has 0 heterocycles. The van der Waals surface area contributed by atoms with Gasteiger partial charge in [0.25, 0.3) is 0 Å². The SMILES string of the molecule is CCNC(CCS(C)(=O)=O)CC(C)C(C)(C)C. The molecule has 2 unspecified atom stereocenters. The van der Waals surface area contributed by atoms with Gasteiger partial charge in [-0.3, -0.25) is 0 Å². The number of nitrogens with one attached hydrogen (secondary N) is 1. The van der Waals surface area contributed by atoms with Gasteiger partial charge in [-0.1, -0.05) is 34.6 Å². The first-order valence-electron chi connectivity index (χ1n) is 6.47. The van der Waals surface area contributed by atoms with E-state index in [1.807, 2.05) is 0 Å². The predicted octanol–water partition coefficient (Wildman–Crippen LogP) is 2.47. The Labute approximate surface area is 107 Å². The molecule has 0 aromatic carbocycles. The Morgan fingerprint density at radius 3 is 2.12 bits per heavy atom. The van der Waals surface area contributed by atoms with Crippen molar-refractivity contribution in [3.63, 3.8) is 0 Å². The van der Waals surface area contributed by atoms with E-state index in [0.29, 0.717) is 18.4 Å². The van der Waals surface area contributed by atoms with Crippen molar-refractivity contribution in [1.29, 1.82) is 0 Å². The maximum Gasteiger partial charge on any atom is 0.147 e. The zero-order valence-electron chi connectivity index (χ0n) is 12.2. The molecule has 0 aliphatic heterocycles. The maximum absolute atomic E-state index is 11.2. The lowest BCUT2D eigenvalue weighted by Gasteiger charge is -2.31. The Morgan fingerprint density at radius 2 is 1.76 bits per heavy atom. The van der Waals surface area contributed by atoms with E-state index in [-0.39, 0.29) is 11.2 Å². The van der Waals surface area contributed by atoms with Crippen LogP contribution in [0.25, 0.3) is 0 Å². The van der Waals surface area contributed by atoms with Gasteiger partial charge in [0.1, 0.15) is 9.84 Å². The summed E-state index contributed by atoms with van der Waals surface area (Å²) in [4.78, 5) is 0. The van der Waals surface area contributed by atoms with Crippen LogP contribution in [0.2, 0.25) is 0 Å². The molecular weight excluding hydrogens is 234 g/mol. The highest BCUT2D eigenvalue weighted by atomic mass is 32.2. The maximum atomic E-state index is 11.2. The van der Waals surface area contributed by atoms with Crippen LogP contribution in [-0.4, -0.2) is 33.0 Å². The molecule has 0 rings (SSSR count). The highest BCUT2D eigenvalue weighted by Gasteiger charge is 2.23. The normalized spacial score (nSPS) is 16.8. The molecule has 0 fully saturated rings. The molecule has 0 spiro atoms. The molecule has 3 nitrogen and oxygen atoms in total. The lowest BCUT2D eigenvalue weighted by atomic mass is 9.78. The summed E-state index contributed by atoms with van der Waals surface area (Å²) < 4.78 is 22.4. The highest BCUT2D eigenvalue weighted by Crippen LogP contribution is 2.29. The summed E-state index contributed by atoms with van der Waals surface area (Å²) in [7, 11) is -2.85. The molecule has 104 valence electrons. The van der Waals surface area contributed by atoms with Crippen LogP contribution >= 0.6 is 0 Å². The summed E-state index contributed by atoms with van der Waals surface area (Å²) >= 11 is 0. The highest BCUT2D eigenvalue weighted by molar-refractivity contribution is 7.90. The third kappa shape index (κ3) is 8.61. The molecule has 0 saturated carbocycles. The van der Waals surface area contributed by atoms with E-state index in [0.717, 1.165) is 13.0 Å². The van der Waals surface area contributed by atoms with Crippen molar-refractivity contribution in [2.75, 3.05) is 18.6 Å². The molecular formula is C13H29NO2S. The van der Waals surface area contributed by atoms with E-state index >= 15 is 0 Å². The van der Waals surface area contributed by atoms with Crippen LogP contribution in [0.4, 0.5) is 0 Å². The zero-order valence-corrected chi connectivity index (χ0v) is 13.0. The molecule has 2 atom stereocenters. The molecule has 1 N–H and O–H groups in total. The van der Waals surface area contributed by atoms with Crippen molar-refractivity contribution in [2.24, 2.45) is 11.3 Å². The third-order valence-corrected chi connectivity index (χ3v) is 4.42. The quantitative estimate of drug-likeness (QED) is 0.767. The van der Waals surface area contributed by atoms with Crippen LogP contribution in [-0.2, 0) is 9.84 Å². The van der Waals surface area contributed by atoms with Gasteiger partial charge in [-0.15, -0.1) is 0 Å². The van der Waals surface area contributed by atoms with E-state index in [1.54, 1.807) is 0 Å². The summed E-state index contributed by atoms with van der Waals surface area (Å²) in [5.74, 6) is 0.854. The van der Waals surface area contributed by atoms with Crippen LogP contribution in [0.15, 0.2) is 0 Å². The van der Waals surface area contributed by atoms with Gasteiger partial charge in [-0.2, -0.15) is 0 Å². The minimum absolute atomic E-state index is 0.277. The van der Waals surface area contributed by atoms with Gasteiger partial charge in [0, 0.05) is 12.3 Å². The fourth-order valence-corrected chi connectivity index (χ4v) is 2.44. The summed E-state index contributed by atoms with van der Waals surface area (Å²) in [5, 5.41) is 3.39. The second kappa shape index (κ2) is 6.74. The minimum Gasteiger partial charge on any atom is -0.314 e. The van der Waals surface area contributed by atoms with Crippen molar-refractivity contribution < 1.29 is 8.42 Å². The Hall–Kier alpha value is -0.0900. The van der Waals surface area contributed by atoms with Gasteiger partial charge in [0.15, 0.2) is 0 Å². The number of sulfone groups is 1. The molecule has 0 aliphatic rings. The minimum atomic E-state index is -2.85. The molecule has 0 bridgehead atoms. The number of hydrogen-bond acceptors (Lipinski definition) is 3. The topological polar surface area (TPSA) is 46.2 Å².